The topological polar surface area (TPSA) is 35.5 Å². The number of ketones is 1. The molecular formula is C15H18O3. The van der Waals surface area contributed by atoms with Crippen LogP contribution in [0.4, 0.5) is 0 Å². The van der Waals surface area contributed by atoms with Crippen LogP contribution in [0.25, 0.3) is 0 Å². The number of hydrogen-bond acceptors (Lipinski definition) is 3. The van der Waals surface area contributed by atoms with Crippen molar-refractivity contribution in [3.05, 3.63) is 29.3 Å². The normalized spacial score (nSPS) is 20.6. The molecule has 18 heavy (non-hydrogen) atoms. The van der Waals surface area contributed by atoms with Crippen molar-refractivity contribution in [3.63, 3.8) is 0 Å². The van der Waals surface area contributed by atoms with Gasteiger partial charge < -0.3 is 9.47 Å². The molecule has 1 saturated heterocycles. The highest BCUT2D eigenvalue weighted by Crippen LogP contribution is 2.27. The number of aryl methyl sites for hydroxylation is 1. The van der Waals surface area contributed by atoms with Crippen LogP contribution in [-0.2, 0) is 11.2 Å². The molecule has 3 nitrogen and oxygen atoms in total. The molecule has 0 saturated carbocycles. The number of fused-ring (bicyclic) bond motifs is 1. The van der Waals surface area contributed by atoms with E-state index in [9.17, 15) is 4.79 Å². The van der Waals surface area contributed by atoms with E-state index in [-0.39, 0.29) is 11.9 Å². The van der Waals surface area contributed by atoms with E-state index < -0.39 is 0 Å². The summed E-state index contributed by atoms with van der Waals surface area (Å²) in [5, 5.41) is 0. The second-order valence-corrected chi connectivity index (χ2v) is 5.03. The summed E-state index contributed by atoms with van der Waals surface area (Å²) in [5.74, 6) is 1.09. The third kappa shape index (κ3) is 2.41. The standard InChI is InChI=1S/C15H18O3/c16-15-3-1-2-11-4-5-13(10-14(11)15)18-12-6-8-17-9-7-12/h4-5,10,12H,1-3,6-9H2. The van der Waals surface area contributed by atoms with Gasteiger partial charge in [-0.05, 0) is 30.5 Å². The Balaban J connectivity index is 1.76. The second-order valence-electron chi connectivity index (χ2n) is 5.03. The largest absolute Gasteiger partial charge is 0.490 e. The Labute approximate surface area is 107 Å². The Kier molecular flexibility index (Phi) is 3.33. The minimum atomic E-state index is 0.232. The fourth-order valence-corrected chi connectivity index (χ4v) is 2.67. The van der Waals surface area contributed by atoms with Crippen molar-refractivity contribution in [2.45, 2.75) is 38.2 Å². The highest BCUT2D eigenvalue weighted by Gasteiger charge is 2.19. The molecule has 1 aliphatic heterocycles. The quantitative estimate of drug-likeness (QED) is 0.805. The molecule has 0 atom stereocenters. The molecule has 0 unspecified atom stereocenters. The van der Waals surface area contributed by atoms with Gasteiger partial charge in [0.2, 0.25) is 0 Å². The second kappa shape index (κ2) is 5.11. The predicted molar refractivity (Wildman–Crippen MR) is 68.2 cm³/mol. The molecule has 1 aliphatic carbocycles. The van der Waals surface area contributed by atoms with Crippen molar-refractivity contribution in [3.8, 4) is 5.75 Å². The minimum Gasteiger partial charge on any atom is -0.490 e. The molecule has 1 heterocycles. The van der Waals surface area contributed by atoms with E-state index in [0.29, 0.717) is 6.42 Å². The first-order valence-corrected chi connectivity index (χ1v) is 6.73. The average Bonchev–Trinajstić information content (AvgIpc) is 2.41. The van der Waals surface area contributed by atoms with Gasteiger partial charge in [-0.15, -0.1) is 0 Å². The van der Waals surface area contributed by atoms with Crippen molar-refractivity contribution < 1.29 is 14.3 Å². The average molecular weight is 246 g/mol. The molecule has 0 amide bonds. The smallest absolute Gasteiger partial charge is 0.163 e. The number of rotatable bonds is 2. The van der Waals surface area contributed by atoms with E-state index in [0.717, 1.165) is 50.2 Å². The van der Waals surface area contributed by atoms with Gasteiger partial charge in [-0.3, -0.25) is 4.79 Å². The molecule has 1 fully saturated rings. The summed E-state index contributed by atoms with van der Waals surface area (Å²) in [7, 11) is 0. The van der Waals surface area contributed by atoms with Crippen LogP contribution >= 0.6 is 0 Å². The predicted octanol–water partition coefficient (Wildman–Crippen LogP) is 2.76. The summed E-state index contributed by atoms with van der Waals surface area (Å²) in [5.41, 5.74) is 2.04. The highest BCUT2D eigenvalue weighted by atomic mass is 16.5. The molecule has 0 radical (unpaired) electrons. The zero-order valence-corrected chi connectivity index (χ0v) is 10.5. The van der Waals surface area contributed by atoms with Crippen molar-refractivity contribution >= 4 is 5.78 Å². The summed E-state index contributed by atoms with van der Waals surface area (Å²) >= 11 is 0. The lowest BCUT2D eigenvalue weighted by atomic mass is 9.90. The number of carbonyl (C=O) groups is 1. The zero-order valence-electron chi connectivity index (χ0n) is 10.5. The van der Waals surface area contributed by atoms with Gasteiger partial charge in [0, 0.05) is 24.8 Å². The van der Waals surface area contributed by atoms with Crippen LogP contribution in [0.2, 0.25) is 0 Å². The SMILES string of the molecule is O=C1CCCc2ccc(OC3CCOCC3)cc21. The Morgan fingerprint density at radius 3 is 2.83 bits per heavy atom. The van der Waals surface area contributed by atoms with Crippen LogP contribution in [0.5, 0.6) is 5.75 Å². The molecule has 3 rings (SSSR count). The first-order chi connectivity index (χ1) is 8.83. The fraction of sp³-hybridized carbons (Fsp3) is 0.533. The van der Waals surface area contributed by atoms with E-state index in [1.807, 2.05) is 18.2 Å². The Morgan fingerprint density at radius 2 is 2.00 bits per heavy atom. The van der Waals surface area contributed by atoms with Gasteiger partial charge >= 0.3 is 0 Å². The lowest BCUT2D eigenvalue weighted by molar-refractivity contribution is 0.0255. The summed E-state index contributed by atoms with van der Waals surface area (Å²) in [6.45, 7) is 1.54. The third-order valence-corrected chi connectivity index (χ3v) is 3.70. The first-order valence-electron chi connectivity index (χ1n) is 6.73. The van der Waals surface area contributed by atoms with E-state index in [2.05, 4.69) is 0 Å². The monoisotopic (exact) mass is 246 g/mol. The Morgan fingerprint density at radius 1 is 1.17 bits per heavy atom. The molecule has 0 spiro atoms. The van der Waals surface area contributed by atoms with Crippen LogP contribution in [0.15, 0.2) is 18.2 Å². The van der Waals surface area contributed by atoms with Gasteiger partial charge in [0.15, 0.2) is 5.78 Å². The molecule has 96 valence electrons. The highest BCUT2D eigenvalue weighted by molar-refractivity contribution is 5.98. The van der Waals surface area contributed by atoms with Crippen LogP contribution in [0.1, 0.15) is 41.6 Å². The van der Waals surface area contributed by atoms with Gasteiger partial charge in [0.25, 0.3) is 0 Å². The van der Waals surface area contributed by atoms with Gasteiger partial charge in [0.05, 0.1) is 13.2 Å². The maximum atomic E-state index is 11.9. The molecule has 1 aromatic rings. The van der Waals surface area contributed by atoms with Gasteiger partial charge in [0.1, 0.15) is 11.9 Å². The first kappa shape index (κ1) is 11.7. The Bertz CT molecular complexity index is 447. The number of carbonyl (C=O) groups excluding carboxylic acids is 1. The maximum Gasteiger partial charge on any atom is 0.163 e. The summed E-state index contributed by atoms with van der Waals surface area (Å²) < 4.78 is 11.2. The van der Waals surface area contributed by atoms with Crippen LogP contribution < -0.4 is 4.74 Å². The van der Waals surface area contributed by atoms with Crippen LogP contribution in [0.3, 0.4) is 0 Å². The van der Waals surface area contributed by atoms with E-state index in [1.54, 1.807) is 0 Å². The van der Waals surface area contributed by atoms with Crippen LogP contribution in [-0.4, -0.2) is 25.1 Å². The van der Waals surface area contributed by atoms with Crippen LogP contribution in [0, 0.1) is 0 Å². The molecule has 2 aliphatic rings. The molecule has 1 aromatic carbocycles. The maximum absolute atomic E-state index is 11.9. The number of hydrogen-bond donors (Lipinski definition) is 0. The van der Waals surface area contributed by atoms with Crippen molar-refractivity contribution in [1.29, 1.82) is 0 Å². The lowest BCUT2D eigenvalue weighted by Crippen LogP contribution is -2.26. The van der Waals surface area contributed by atoms with Gasteiger partial charge in [-0.1, -0.05) is 6.07 Å². The molecule has 0 bridgehead atoms. The summed E-state index contributed by atoms with van der Waals surface area (Å²) in [6.07, 6.45) is 4.77. The van der Waals surface area contributed by atoms with Gasteiger partial charge in [-0.2, -0.15) is 0 Å². The number of ether oxygens (including phenoxy) is 2. The summed E-state index contributed by atoms with van der Waals surface area (Å²) in [4.78, 5) is 11.9. The minimum absolute atomic E-state index is 0.232. The summed E-state index contributed by atoms with van der Waals surface area (Å²) in [6, 6.07) is 5.96. The lowest BCUT2D eigenvalue weighted by Gasteiger charge is -2.24. The molecule has 0 aromatic heterocycles. The Hall–Kier alpha value is -1.35. The van der Waals surface area contributed by atoms with Crippen molar-refractivity contribution in [1.82, 2.24) is 0 Å². The third-order valence-electron chi connectivity index (χ3n) is 3.70. The molecule has 3 heteroatoms. The van der Waals surface area contributed by atoms with Gasteiger partial charge in [-0.25, -0.2) is 0 Å². The van der Waals surface area contributed by atoms with Crippen molar-refractivity contribution in [2.75, 3.05) is 13.2 Å². The van der Waals surface area contributed by atoms with Crippen molar-refractivity contribution in [2.24, 2.45) is 0 Å². The molecular weight excluding hydrogens is 228 g/mol. The fourth-order valence-electron chi connectivity index (χ4n) is 2.67. The van der Waals surface area contributed by atoms with E-state index in [4.69, 9.17) is 9.47 Å². The number of Topliss-reactive ketones (excluding diaryl/α,β-unsaturated/α-hetero) is 1. The van der Waals surface area contributed by atoms with E-state index in [1.165, 1.54) is 5.56 Å². The zero-order chi connectivity index (χ0) is 12.4. The van der Waals surface area contributed by atoms with E-state index >= 15 is 0 Å². The molecule has 0 N–H and O–H groups in total. The number of benzene rings is 1.